The third-order valence-electron chi connectivity index (χ3n) is 14.2. The van der Waals surface area contributed by atoms with Gasteiger partial charge in [0.1, 0.15) is 47.9 Å². The molecule has 8 atom stereocenters. The number of hydrogen-bond donors (Lipinski definition) is 10. The van der Waals surface area contributed by atoms with Gasteiger partial charge in [0.2, 0.25) is 27.7 Å². The fourth-order valence-corrected chi connectivity index (χ4v) is 11.0. The molecule has 11 rings (SSSR count). The maximum absolute atomic E-state index is 11.1. The van der Waals surface area contributed by atoms with Crippen LogP contribution in [0.2, 0.25) is 15.9 Å². The Balaban J connectivity index is 0.676. The van der Waals surface area contributed by atoms with Gasteiger partial charge in [-0.25, -0.2) is 9.97 Å². The number of fused-ring (bicyclic) bond motifs is 2. The van der Waals surface area contributed by atoms with E-state index in [4.69, 9.17) is 34.8 Å². The largest absolute Gasteiger partial charge is 0.390 e. The van der Waals surface area contributed by atoms with Crippen molar-refractivity contribution in [3.05, 3.63) is 52.3 Å². The van der Waals surface area contributed by atoms with E-state index in [0.717, 1.165) is 51.4 Å². The van der Waals surface area contributed by atoms with Crippen LogP contribution in [0.1, 0.15) is 99.8 Å². The lowest BCUT2D eigenvalue weighted by Gasteiger charge is -2.31. The Morgan fingerprint density at radius 1 is 0.479 bits per heavy atom. The summed E-state index contributed by atoms with van der Waals surface area (Å²) in [6.07, 6.45) is 8.14. The van der Waals surface area contributed by atoms with Crippen LogP contribution >= 0.6 is 34.8 Å². The van der Waals surface area contributed by atoms with Crippen LogP contribution in [-0.4, -0.2) is 163 Å². The van der Waals surface area contributed by atoms with Crippen LogP contribution in [0, 0.1) is 0 Å². The summed E-state index contributed by atoms with van der Waals surface area (Å²) in [5.74, 6) is 1.69. The van der Waals surface area contributed by atoms with E-state index >= 15 is 0 Å². The van der Waals surface area contributed by atoms with Gasteiger partial charge < -0.3 is 61.0 Å². The molecule has 0 aromatic carbocycles. The summed E-state index contributed by atoms with van der Waals surface area (Å²) < 4.78 is 3.40. The Hall–Kier alpha value is -5.78. The Bertz CT molecular complexity index is 2820. The van der Waals surface area contributed by atoms with E-state index in [1.54, 1.807) is 21.8 Å². The molecule has 71 heavy (non-hydrogen) atoms. The van der Waals surface area contributed by atoms with Crippen molar-refractivity contribution in [3.8, 4) is 0 Å². The molecule has 0 aliphatic heterocycles. The molecule has 0 bridgehead atoms. The number of nitrogens with zero attached hydrogens (tertiary/aromatic N) is 17. The fourth-order valence-electron chi connectivity index (χ4n) is 10.5. The van der Waals surface area contributed by atoms with E-state index in [9.17, 15) is 30.6 Å². The van der Waals surface area contributed by atoms with Crippen molar-refractivity contribution >= 4 is 80.7 Å². The number of anilines is 4. The van der Waals surface area contributed by atoms with Crippen LogP contribution < -0.4 is 21.3 Å². The third-order valence-corrected chi connectivity index (χ3v) is 14.7. The topological polar surface area (TPSA) is 357 Å². The van der Waals surface area contributed by atoms with Crippen LogP contribution in [0.5, 0.6) is 0 Å². The third kappa shape index (κ3) is 9.45. The van der Waals surface area contributed by atoms with Crippen molar-refractivity contribution < 1.29 is 30.6 Å². The summed E-state index contributed by atoms with van der Waals surface area (Å²) in [6, 6.07) is -2.25. The van der Waals surface area contributed by atoms with E-state index < -0.39 is 48.6 Å². The molecule has 0 amide bonds. The van der Waals surface area contributed by atoms with Crippen LogP contribution in [0.4, 0.5) is 23.5 Å². The number of nitrogens with one attached hydrogen (secondary N) is 4. The molecule has 4 saturated carbocycles. The van der Waals surface area contributed by atoms with Crippen molar-refractivity contribution in [2.24, 2.45) is 0 Å². The molecular formula is C41H50Cl3N21O6. The summed E-state index contributed by atoms with van der Waals surface area (Å²) in [7, 11) is 0. The average Bonchev–Trinajstić information content (AvgIpc) is 4.24. The quantitative estimate of drug-likeness (QED) is 0.0694. The Morgan fingerprint density at radius 3 is 1.23 bits per heavy atom. The van der Waals surface area contributed by atoms with Gasteiger partial charge >= 0.3 is 0 Å². The summed E-state index contributed by atoms with van der Waals surface area (Å²) in [5.41, 5.74) is 2.49. The average molecular weight is 1040 g/mol. The fraction of sp³-hybridized carbons (Fsp3) is 0.585. The standard InChI is InChI=1S/C41H50Cl3N21O6/c42-37-53-33(27-35(55-37)62(15-45-27)23-9-25(31(70)29(23)68)64-47-11-21(13-66)60-64)49-17-1-5-19(6-2-17)51-40-57-39(44)58-41(59-40)52-20-7-3-18(4-8-20)50-34-28-36(56-38(43)54-34)63(16-46-28)24-10-26(32(71)30(24)69)65-48-12-22(14-67)61-65/h11-12,15-20,23-26,29-32,66-71H,1-10,13-14H2,(H,49,53,55)(H,50,54,56)(H2,51,52,57,58,59)/t17-,18-,19-,20-,23-,24-,25+,26+,29+,30+,31-,32-/m1/s1. The molecule has 4 fully saturated rings. The zero-order valence-electron chi connectivity index (χ0n) is 37.6. The van der Waals surface area contributed by atoms with Gasteiger partial charge in [0.05, 0.1) is 50.3 Å². The molecule has 30 heteroatoms. The minimum atomic E-state index is -1.17. The van der Waals surface area contributed by atoms with Crippen LogP contribution in [0.25, 0.3) is 22.3 Å². The summed E-state index contributed by atoms with van der Waals surface area (Å²) in [6.45, 7) is -0.584. The van der Waals surface area contributed by atoms with Crippen molar-refractivity contribution in [1.29, 1.82) is 0 Å². The Labute approximate surface area is 417 Å². The SMILES string of the molecule is OCc1cnn([C@H]2C[C@@H](n3cnc4c(N[C@H]5CC[C@H](Nc6nc(Cl)nc(N[C@H]7CC[C@H](Nc8nc(Cl)nc9c8ncn9[C@@H]8C[C@H](n9ncc(CO)n9)[C@@H](O)[C@H]8O)CC7)n6)CC5)nc(Cl)nc43)[C@H](O)[C@@H]2O)n1. The Kier molecular flexibility index (Phi) is 13.2. The predicted octanol–water partition coefficient (Wildman–Crippen LogP) is 1.76. The molecule has 7 heterocycles. The number of halogens is 3. The second-order valence-corrected chi connectivity index (χ2v) is 19.6. The van der Waals surface area contributed by atoms with Crippen molar-refractivity contribution in [1.82, 2.24) is 84.0 Å². The smallest absolute Gasteiger partial charge is 0.229 e. The molecule has 0 saturated heterocycles. The zero-order valence-corrected chi connectivity index (χ0v) is 39.9. The summed E-state index contributed by atoms with van der Waals surface area (Å²) >= 11 is 19.3. The first-order valence-electron chi connectivity index (χ1n) is 23.4. The van der Waals surface area contributed by atoms with Gasteiger partial charge in [-0.2, -0.15) is 64.9 Å². The van der Waals surface area contributed by atoms with Crippen molar-refractivity contribution in [2.45, 2.75) is 150 Å². The van der Waals surface area contributed by atoms with Gasteiger partial charge in [0, 0.05) is 24.2 Å². The molecule has 27 nitrogen and oxygen atoms in total. The number of aromatic nitrogens is 17. The molecular weight excluding hydrogens is 989 g/mol. The number of aliphatic hydroxyl groups excluding tert-OH is 6. The van der Waals surface area contributed by atoms with Gasteiger partial charge in [-0.3, -0.25) is 0 Å². The lowest BCUT2D eigenvalue weighted by Crippen LogP contribution is -2.34. The van der Waals surface area contributed by atoms with Gasteiger partial charge in [0.15, 0.2) is 34.0 Å². The second kappa shape index (κ2) is 19.7. The maximum atomic E-state index is 11.1. The van der Waals surface area contributed by atoms with Gasteiger partial charge in [-0.05, 0) is 99.0 Å². The molecule has 7 aromatic heterocycles. The van der Waals surface area contributed by atoms with E-state index in [-0.39, 0.29) is 66.1 Å². The first-order valence-corrected chi connectivity index (χ1v) is 24.6. The molecule has 10 N–H and O–H groups in total. The van der Waals surface area contributed by atoms with Crippen molar-refractivity contribution in [2.75, 3.05) is 21.3 Å². The first kappa shape index (κ1) is 47.5. The Morgan fingerprint density at radius 2 is 0.845 bits per heavy atom. The van der Waals surface area contributed by atoms with Crippen LogP contribution in [-0.2, 0) is 13.2 Å². The van der Waals surface area contributed by atoms with Crippen LogP contribution in [0.3, 0.4) is 0 Å². The summed E-state index contributed by atoms with van der Waals surface area (Å²) in [4.78, 5) is 43.1. The van der Waals surface area contributed by atoms with E-state index in [0.29, 0.717) is 57.2 Å². The number of hydrogen-bond acceptors (Lipinski definition) is 23. The second-order valence-electron chi connectivity index (χ2n) is 18.6. The van der Waals surface area contributed by atoms with E-state index in [2.05, 4.69) is 86.5 Å². The maximum Gasteiger partial charge on any atom is 0.229 e. The normalized spacial score (nSPS) is 29.0. The molecule has 376 valence electrons. The molecule has 4 aliphatic carbocycles. The number of aliphatic hydroxyl groups is 6. The highest BCUT2D eigenvalue weighted by molar-refractivity contribution is 6.29. The highest BCUT2D eigenvalue weighted by atomic mass is 35.5. The highest BCUT2D eigenvalue weighted by Gasteiger charge is 2.47. The zero-order chi connectivity index (χ0) is 49.1. The highest BCUT2D eigenvalue weighted by Crippen LogP contribution is 2.42. The molecule has 0 radical (unpaired) electrons. The van der Waals surface area contributed by atoms with Gasteiger partial charge in [0.25, 0.3) is 0 Å². The van der Waals surface area contributed by atoms with Gasteiger partial charge in [-0.1, -0.05) is 0 Å². The van der Waals surface area contributed by atoms with Crippen LogP contribution in [0.15, 0.2) is 25.0 Å². The summed E-state index contributed by atoms with van der Waals surface area (Å²) in [5, 5.41) is 93.7. The van der Waals surface area contributed by atoms with E-state index in [1.807, 2.05) is 0 Å². The van der Waals surface area contributed by atoms with Crippen molar-refractivity contribution in [3.63, 3.8) is 0 Å². The minimum absolute atomic E-state index is 0.00636. The lowest BCUT2D eigenvalue weighted by molar-refractivity contribution is 0.00491. The first-order chi connectivity index (χ1) is 34.4. The number of rotatable bonds is 14. The van der Waals surface area contributed by atoms with E-state index in [1.165, 1.54) is 22.0 Å². The molecule has 0 unspecified atom stereocenters. The minimum Gasteiger partial charge on any atom is -0.390 e. The molecule has 4 aliphatic rings. The molecule has 0 spiro atoms. The monoisotopic (exact) mass is 1040 g/mol. The lowest BCUT2D eigenvalue weighted by atomic mass is 9.91. The molecule has 7 aromatic rings. The predicted molar refractivity (Wildman–Crippen MR) is 253 cm³/mol. The number of imidazole rings is 2. The van der Waals surface area contributed by atoms with Gasteiger partial charge in [-0.15, -0.1) is 0 Å².